The van der Waals surface area contributed by atoms with Gasteiger partial charge in [0, 0.05) is 36.2 Å². The summed E-state index contributed by atoms with van der Waals surface area (Å²) in [7, 11) is 1.92. The van der Waals surface area contributed by atoms with E-state index in [-0.39, 0.29) is 22.4 Å². The number of nitrogens with zero attached hydrogens (tertiary/aromatic N) is 2. The minimum atomic E-state index is -0.728. The third-order valence-corrected chi connectivity index (χ3v) is 7.80. The average molecular weight is 493 g/mol. The normalized spacial score (nSPS) is 17.9. The van der Waals surface area contributed by atoms with E-state index < -0.39 is 36.1 Å². The second-order valence-corrected chi connectivity index (χ2v) is 9.97. The van der Waals surface area contributed by atoms with E-state index in [1.54, 1.807) is 12.1 Å². The number of benzene rings is 3. The van der Waals surface area contributed by atoms with Crippen LogP contribution in [0.5, 0.6) is 0 Å². The lowest BCUT2D eigenvalue weighted by atomic mass is 9.81. The van der Waals surface area contributed by atoms with Crippen molar-refractivity contribution in [3.63, 3.8) is 0 Å². The molecule has 37 heavy (non-hydrogen) atoms. The number of aromatic nitrogens is 1. The Kier molecular flexibility index (Phi) is 4.17. The third kappa shape index (κ3) is 3.75. The Morgan fingerprint density at radius 3 is 2.30 bits per heavy atom. The van der Waals surface area contributed by atoms with Gasteiger partial charge in [-0.1, -0.05) is 73.7 Å². The van der Waals surface area contributed by atoms with Gasteiger partial charge in [0.25, 0.3) is 0 Å². The predicted molar refractivity (Wildman–Crippen MR) is 152 cm³/mol. The van der Waals surface area contributed by atoms with Crippen LogP contribution in [0.3, 0.4) is 0 Å². The summed E-state index contributed by atoms with van der Waals surface area (Å²) in [5, 5.41) is 1.37. The largest absolute Gasteiger partial charge is 0.456 e. The first-order valence-electron chi connectivity index (χ1n) is 16.3. The Morgan fingerprint density at radius 1 is 0.919 bits per heavy atom. The number of hydrogen-bond donors (Lipinski definition) is 0. The zero-order valence-electron chi connectivity index (χ0n) is 28.6. The van der Waals surface area contributed by atoms with Crippen LogP contribution in [0.4, 0.5) is 5.69 Å². The van der Waals surface area contributed by atoms with Gasteiger partial charge in [0.15, 0.2) is 11.4 Å². The fraction of sp³-hybridized carbons (Fsp3) is 0.294. The SMILES string of the molecule is [2H]c1c([2H])c([2H])c(-c2c([N+]#[C-])ccc3c2oc2c(-c4c([2H])c(C)c(C5([2H])CCCCC5)c(C)[n+]4C)c(C)ccc23)c([2H])c1[2H]. The third-order valence-electron chi connectivity index (χ3n) is 7.80. The maximum absolute atomic E-state index is 9.39. The molecular weight excluding hydrogens is 452 g/mol. The van der Waals surface area contributed by atoms with Gasteiger partial charge >= 0.3 is 0 Å². The molecule has 0 bridgehead atoms. The fourth-order valence-corrected chi connectivity index (χ4v) is 5.91. The van der Waals surface area contributed by atoms with Crippen molar-refractivity contribution in [3.05, 3.63) is 94.3 Å². The summed E-state index contributed by atoms with van der Waals surface area (Å²) >= 11 is 0. The molecule has 5 aromatic rings. The quantitative estimate of drug-likeness (QED) is 0.182. The summed E-state index contributed by atoms with van der Waals surface area (Å²) in [6, 6.07) is 5.29. The van der Waals surface area contributed by atoms with Crippen molar-refractivity contribution < 1.29 is 18.6 Å². The minimum Gasteiger partial charge on any atom is -0.456 e. The van der Waals surface area contributed by atoms with E-state index in [1.807, 2.05) is 44.5 Å². The van der Waals surface area contributed by atoms with Gasteiger partial charge in [-0.05, 0) is 49.3 Å². The number of furan rings is 1. The van der Waals surface area contributed by atoms with Gasteiger partial charge in [-0.15, -0.1) is 0 Å². The summed E-state index contributed by atoms with van der Waals surface area (Å²) in [4.78, 5) is 3.64. The van der Waals surface area contributed by atoms with Crippen molar-refractivity contribution in [1.82, 2.24) is 0 Å². The molecule has 3 aromatic carbocycles. The lowest BCUT2D eigenvalue weighted by molar-refractivity contribution is -0.667. The van der Waals surface area contributed by atoms with E-state index in [4.69, 9.17) is 17.8 Å². The van der Waals surface area contributed by atoms with Crippen molar-refractivity contribution >= 4 is 27.6 Å². The predicted octanol–water partition coefficient (Wildman–Crippen LogP) is 9.27. The summed E-state index contributed by atoms with van der Waals surface area (Å²) in [6.07, 6.45) is 4.68. The molecule has 1 saturated carbocycles. The molecule has 0 atom stereocenters. The molecule has 1 aliphatic carbocycles. The Hall–Kier alpha value is -3.90. The Bertz CT molecular complexity index is 2030. The van der Waals surface area contributed by atoms with E-state index in [1.165, 1.54) is 0 Å². The first-order chi connectivity index (χ1) is 20.8. The summed E-state index contributed by atoms with van der Waals surface area (Å²) in [5.41, 5.74) is 5.82. The van der Waals surface area contributed by atoms with Crippen LogP contribution in [-0.2, 0) is 7.05 Å². The monoisotopic (exact) mass is 492 g/mol. The molecule has 0 unspecified atom stereocenters. The maximum atomic E-state index is 9.39. The summed E-state index contributed by atoms with van der Waals surface area (Å²) < 4.78 is 69.2. The van der Waals surface area contributed by atoms with Gasteiger partial charge in [-0.3, -0.25) is 0 Å². The highest BCUT2D eigenvalue weighted by Crippen LogP contribution is 2.45. The number of rotatable bonds is 3. The average Bonchev–Trinajstić information content (AvgIpc) is 3.38. The molecule has 0 amide bonds. The summed E-state index contributed by atoms with van der Waals surface area (Å²) in [5.74, 6) is -0.728. The maximum Gasteiger partial charge on any atom is 0.216 e. The van der Waals surface area contributed by atoms with Gasteiger partial charge in [0.2, 0.25) is 5.69 Å². The van der Waals surface area contributed by atoms with Crippen LogP contribution in [0.2, 0.25) is 0 Å². The lowest BCUT2D eigenvalue weighted by Gasteiger charge is -2.24. The first-order valence-corrected chi connectivity index (χ1v) is 12.8. The van der Waals surface area contributed by atoms with Crippen LogP contribution in [0.15, 0.2) is 64.9 Å². The Balaban J connectivity index is 1.71. The van der Waals surface area contributed by atoms with Crippen LogP contribution >= 0.6 is 0 Å². The number of pyridine rings is 1. The standard InChI is InChI=1S/C34H33N2O/c1-21-16-17-26-27-18-19-28(35-4)32(25-14-10-7-11-15-25)34(27)37-33(26)31(21)29-20-22(2)30(23(3)36(29)5)24-12-8-6-9-13-24/h7,10-11,14-20,24H,6,8-9,12-13H2,1-3,5H3/q+1/i7D,10D,11D,14D,15D,20D,24D. The van der Waals surface area contributed by atoms with Gasteiger partial charge in [-0.2, -0.15) is 4.57 Å². The molecule has 2 aromatic heterocycles. The second kappa shape index (κ2) is 9.20. The molecule has 1 fully saturated rings. The number of hydrogen-bond acceptors (Lipinski definition) is 1. The smallest absolute Gasteiger partial charge is 0.216 e. The molecule has 0 radical (unpaired) electrons. The molecule has 0 aliphatic heterocycles. The topological polar surface area (TPSA) is 21.4 Å². The molecule has 3 heteroatoms. The minimum absolute atomic E-state index is 0.0825. The van der Waals surface area contributed by atoms with Gasteiger partial charge in [0.05, 0.1) is 20.4 Å². The lowest BCUT2D eigenvalue weighted by Crippen LogP contribution is -2.37. The van der Waals surface area contributed by atoms with E-state index in [9.17, 15) is 2.74 Å². The highest BCUT2D eigenvalue weighted by atomic mass is 16.3. The molecule has 184 valence electrons. The van der Waals surface area contributed by atoms with E-state index in [0.717, 1.165) is 59.9 Å². The van der Waals surface area contributed by atoms with Gasteiger partial charge in [0.1, 0.15) is 18.2 Å². The Labute approximate surface area is 229 Å². The molecule has 6 rings (SSSR count). The molecule has 2 heterocycles. The van der Waals surface area contributed by atoms with Crippen LogP contribution in [0.25, 0.3) is 49.2 Å². The van der Waals surface area contributed by atoms with E-state index in [0.29, 0.717) is 28.3 Å². The molecule has 0 spiro atoms. The van der Waals surface area contributed by atoms with E-state index >= 15 is 0 Å². The van der Waals surface area contributed by atoms with Crippen molar-refractivity contribution in [2.75, 3.05) is 0 Å². The Morgan fingerprint density at radius 2 is 1.59 bits per heavy atom. The highest BCUT2D eigenvalue weighted by Gasteiger charge is 2.29. The zero-order valence-corrected chi connectivity index (χ0v) is 21.6. The van der Waals surface area contributed by atoms with Crippen LogP contribution < -0.4 is 4.57 Å². The summed E-state index contributed by atoms with van der Waals surface area (Å²) in [6.45, 7) is 13.8. The zero-order chi connectivity index (χ0) is 31.8. The van der Waals surface area contributed by atoms with Gasteiger partial charge in [-0.25, -0.2) is 4.85 Å². The second-order valence-electron chi connectivity index (χ2n) is 9.97. The first kappa shape index (κ1) is 16.8. The van der Waals surface area contributed by atoms with Crippen LogP contribution in [0.1, 0.15) is 70.0 Å². The van der Waals surface area contributed by atoms with E-state index in [2.05, 4.69) is 4.85 Å². The van der Waals surface area contributed by atoms with Crippen molar-refractivity contribution in [1.29, 1.82) is 0 Å². The number of fused-ring (bicyclic) bond motifs is 3. The van der Waals surface area contributed by atoms with Crippen LogP contribution in [-0.4, -0.2) is 0 Å². The van der Waals surface area contributed by atoms with Crippen molar-refractivity contribution in [3.8, 4) is 22.4 Å². The molecule has 3 nitrogen and oxygen atoms in total. The highest BCUT2D eigenvalue weighted by molar-refractivity contribution is 6.15. The molecule has 0 saturated heterocycles. The molecular formula is C34H33N2O+. The van der Waals surface area contributed by atoms with Gasteiger partial charge < -0.3 is 4.42 Å². The van der Waals surface area contributed by atoms with Crippen molar-refractivity contribution in [2.45, 2.75) is 58.8 Å². The number of aryl methyl sites for hydroxylation is 1. The fourth-order valence-electron chi connectivity index (χ4n) is 5.91. The molecule has 0 N–H and O–H groups in total. The van der Waals surface area contributed by atoms with Crippen LogP contribution in [0, 0.1) is 27.3 Å². The molecule has 1 aliphatic rings. The van der Waals surface area contributed by atoms with Crippen molar-refractivity contribution in [2.24, 2.45) is 7.05 Å².